The highest BCUT2D eigenvalue weighted by Gasteiger charge is 2.25. The second-order valence-electron chi connectivity index (χ2n) is 7.70. The van der Waals surface area contributed by atoms with Gasteiger partial charge in [-0.05, 0) is 36.0 Å². The van der Waals surface area contributed by atoms with Gasteiger partial charge >= 0.3 is 11.9 Å². The average Bonchev–Trinajstić information content (AvgIpc) is 3.08. The lowest BCUT2D eigenvalue weighted by Gasteiger charge is -2.21. The van der Waals surface area contributed by atoms with Gasteiger partial charge in [-0.15, -0.1) is 11.3 Å². The first-order chi connectivity index (χ1) is 15.2. The fourth-order valence-electron chi connectivity index (χ4n) is 3.72. The molecule has 2 aromatic rings. The number of aromatic carboxylic acids is 1. The molecule has 174 valence electrons. The zero-order valence-corrected chi connectivity index (χ0v) is 19.6. The first-order valence-corrected chi connectivity index (χ1v) is 13.0. The second-order valence-corrected chi connectivity index (χ2v) is 10.9. The second kappa shape index (κ2) is 10.7. The molecule has 1 aromatic heterocycles. The van der Waals surface area contributed by atoms with E-state index in [1.807, 2.05) is 0 Å². The molecule has 0 spiro atoms. The molecule has 0 atom stereocenters. The van der Waals surface area contributed by atoms with Crippen LogP contribution in [0.3, 0.4) is 0 Å². The molecule has 3 rings (SSSR count). The van der Waals surface area contributed by atoms with Crippen LogP contribution in [-0.4, -0.2) is 42.9 Å². The van der Waals surface area contributed by atoms with Crippen molar-refractivity contribution in [3.63, 3.8) is 0 Å². The molecule has 1 aromatic carbocycles. The lowest BCUT2D eigenvalue weighted by atomic mass is 9.91. The summed E-state index contributed by atoms with van der Waals surface area (Å²) in [7, 11) is -3.42. The van der Waals surface area contributed by atoms with E-state index >= 15 is 0 Å². The zero-order valence-electron chi connectivity index (χ0n) is 17.2. The van der Waals surface area contributed by atoms with E-state index in [0.717, 1.165) is 43.4 Å². The van der Waals surface area contributed by atoms with Gasteiger partial charge in [0.1, 0.15) is 5.02 Å². The Bertz CT molecular complexity index is 1090. The molecule has 0 unspecified atom stereocenters. The van der Waals surface area contributed by atoms with Crippen molar-refractivity contribution >= 4 is 44.9 Å². The Morgan fingerprint density at radius 2 is 1.91 bits per heavy atom. The molecule has 32 heavy (non-hydrogen) atoms. The number of nitrogens with one attached hydrogen (secondary N) is 1. The van der Waals surface area contributed by atoms with E-state index < -0.39 is 28.6 Å². The lowest BCUT2D eigenvalue weighted by Crippen LogP contribution is -2.30. The molecule has 0 radical (unpaired) electrons. The first-order valence-electron chi connectivity index (χ1n) is 10.1. The zero-order chi connectivity index (χ0) is 23.3. The minimum Gasteiger partial charge on any atom is -0.479 e. The maximum absolute atomic E-state index is 12.5. The van der Waals surface area contributed by atoms with Crippen molar-refractivity contribution in [3.05, 3.63) is 39.7 Å². The van der Waals surface area contributed by atoms with Crippen LogP contribution in [0, 0.1) is 5.92 Å². The van der Waals surface area contributed by atoms with E-state index in [0.29, 0.717) is 16.0 Å². The predicted molar refractivity (Wildman–Crippen MR) is 122 cm³/mol. The normalized spacial score (nSPS) is 14.9. The van der Waals surface area contributed by atoms with E-state index in [1.165, 1.54) is 0 Å². The number of ether oxygens (including phenoxy) is 1. The van der Waals surface area contributed by atoms with Crippen molar-refractivity contribution in [2.75, 3.05) is 12.4 Å². The fraction of sp³-hybridized carbons (Fsp3) is 0.429. The summed E-state index contributed by atoms with van der Waals surface area (Å²) in [4.78, 5) is 22.5. The summed E-state index contributed by atoms with van der Waals surface area (Å²) >= 11 is 7.19. The molecular formula is C21H24ClNO7S2. The SMILES string of the molecule is O=C(O)COc1c(C(=O)O)sc(-c2cccc(CNS(=O)(=O)CC3CCCCC3)c2)c1Cl. The number of sulfonamides is 1. The van der Waals surface area contributed by atoms with Crippen LogP contribution >= 0.6 is 22.9 Å². The van der Waals surface area contributed by atoms with Crippen LogP contribution in [0.2, 0.25) is 5.02 Å². The highest BCUT2D eigenvalue weighted by atomic mass is 35.5. The van der Waals surface area contributed by atoms with Crippen molar-refractivity contribution in [2.24, 2.45) is 5.92 Å². The third kappa shape index (κ3) is 6.44. The minimum absolute atomic E-state index is 0.00341. The van der Waals surface area contributed by atoms with Gasteiger partial charge < -0.3 is 14.9 Å². The van der Waals surface area contributed by atoms with Gasteiger partial charge in [-0.3, -0.25) is 0 Å². The Balaban J connectivity index is 1.76. The molecule has 1 saturated carbocycles. The quantitative estimate of drug-likeness (QED) is 0.444. The third-order valence-electron chi connectivity index (χ3n) is 5.21. The number of carbonyl (C=O) groups is 2. The molecule has 8 nitrogen and oxygen atoms in total. The number of thiophene rings is 1. The van der Waals surface area contributed by atoms with Gasteiger partial charge in [0.05, 0.1) is 10.6 Å². The van der Waals surface area contributed by atoms with Crippen LogP contribution in [0.15, 0.2) is 24.3 Å². The number of rotatable bonds is 10. The van der Waals surface area contributed by atoms with Crippen LogP contribution in [0.4, 0.5) is 0 Å². The molecule has 0 amide bonds. The standard InChI is InChI=1S/C21H24ClNO7S2/c22-17-18(30-11-16(24)25)20(21(26)27)31-19(17)15-8-4-7-14(9-15)10-23-32(28,29)12-13-5-2-1-3-6-13/h4,7-9,13,23H,1-3,5-6,10-12H2,(H,24,25)(H,26,27). The summed E-state index contributed by atoms with van der Waals surface area (Å²) in [5, 5.41) is 18.2. The van der Waals surface area contributed by atoms with Crippen LogP contribution in [0.1, 0.15) is 47.3 Å². The van der Waals surface area contributed by atoms with Crippen molar-refractivity contribution < 1.29 is 33.0 Å². The van der Waals surface area contributed by atoms with Gasteiger partial charge in [0.2, 0.25) is 10.0 Å². The Morgan fingerprint density at radius 1 is 1.19 bits per heavy atom. The molecule has 0 saturated heterocycles. The first kappa shape index (κ1) is 24.5. The smallest absolute Gasteiger partial charge is 0.349 e. The number of benzene rings is 1. The Hall–Kier alpha value is -2.14. The van der Waals surface area contributed by atoms with Crippen LogP contribution in [-0.2, 0) is 21.4 Å². The fourth-order valence-corrected chi connectivity index (χ4v) is 6.58. The molecule has 1 aliphatic carbocycles. The maximum Gasteiger partial charge on any atom is 0.349 e. The van der Waals surface area contributed by atoms with Gasteiger partial charge in [0, 0.05) is 6.54 Å². The van der Waals surface area contributed by atoms with Gasteiger partial charge in [0.15, 0.2) is 17.2 Å². The maximum atomic E-state index is 12.5. The Kier molecular flexibility index (Phi) is 8.16. The monoisotopic (exact) mass is 501 g/mol. The van der Waals surface area contributed by atoms with E-state index in [-0.39, 0.29) is 33.9 Å². The summed E-state index contributed by atoms with van der Waals surface area (Å²) in [6.45, 7) is -0.626. The van der Waals surface area contributed by atoms with Gasteiger partial charge in [-0.2, -0.15) is 0 Å². The number of hydrogen-bond donors (Lipinski definition) is 3. The molecular weight excluding hydrogens is 478 g/mol. The molecule has 11 heteroatoms. The topological polar surface area (TPSA) is 130 Å². The van der Waals surface area contributed by atoms with Crippen LogP contribution in [0.25, 0.3) is 10.4 Å². The molecule has 0 bridgehead atoms. The van der Waals surface area contributed by atoms with Gasteiger partial charge in [-0.25, -0.2) is 22.7 Å². The third-order valence-corrected chi connectivity index (χ3v) is 8.38. The van der Waals surface area contributed by atoms with E-state index in [4.69, 9.17) is 21.4 Å². The number of carboxylic acids is 2. The van der Waals surface area contributed by atoms with Crippen molar-refractivity contribution in [1.82, 2.24) is 4.72 Å². The summed E-state index contributed by atoms with van der Waals surface area (Å²) in [6.07, 6.45) is 5.17. The minimum atomic E-state index is -3.42. The van der Waals surface area contributed by atoms with Crippen LogP contribution < -0.4 is 9.46 Å². The predicted octanol–water partition coefficient (Wildman–Crippen LogP) is 4.23. The van der Waals surface area contributed by atoms with Crippen molar-refractivity contribution in [2.45, 2.75) is 38.6 Å². The largest absolute Gasteiger partial charge is 0.479 e. The Morgan fingerprint density at radius 3 is 2.56 bits per heavy atom. The lowest BCUT2D eigenvalue weighted by molar-refractivity contribution is -0.139. The summed E-state index contributed by atoms with van der Waals surface area (Å²) < 4.78 is 32.7. The highest BCUT2D eigenvalue weighted by Crippen LogP contribution is 2.45. The molecule has 1 heterocycles. The molecule has 1 aliphatic rings. The number of halogens is 1. The van der Waals surface area contributed by atoms with Crippen molar-refractivity contribution in [3.8, 4) is 16.2 Å². The van der Waals surface area contributed by atoms with E-state index in [1.54, 1.807) is 24.3 Å². The number of carboxylic acid groups (broad SMARTS) is 2. The number of hydrogen-bond acceptors (Lipinski definition) is 6. The van der Waals surface area contributed by atoms with E-state index in [9.17, 15) is 23.1 Å². The van der Waals surface area contributed by atoms with Crippen LogP contribution in [0.5, 0.6) is 5.75 Å². The summed E-state index contributed by atoms with van der Waals surface area (Å²) in [6, 6.07) is 6.90. The number of aliphatic carboxylic acids is 1. The van der Waals surface area contributed by atoms with Gasteiger partial charge in [0.25, 0.3) is 0 Å². The molecule has 1 fully saturated rings. The van der Waals surface area contributed by atoms with Gasteiger partial charge in [-0.1, -0.05) is 49.1 Å². The molecule has 3 N–H and O–H groups in total. The Labute approximate surface area is 195 Å². The average molecular weight is 502 g/mol. The summed E-state index contributed by atoms with van der Waals surface area (Å²) in [5.41, 5.74) is 1.26. The van der Waals surface area contributed by atoms with Crippen molar-refractivity contribution in [1.29, 1.82) is 0 Å². The molecule has 0 aliphatic heterocycles. The van der Waals surface area contributed by atoms with E-state index in [2.05, 4.69) is 4.72 Å². The summed E-state index contributed by atoms with van der Waals surface area (Å²) in [5.74, 6) is -2.42. The highest BCUT2D eigenvalue weighted by molar-refractivity contribution is 7.89.